The smallest absolute Gasteiger partial charge is 0.245 e. The summed E-state index contributed by atoms with van der Waals surface area (Å²) in [5.41, 5.74) is 3.51. The van der Waals surface area contributed by atoms with Crippen molar-refractivity contribution >= 4 is 5.91 Å². The van der Waals surface area contributed by atoms with Crippen molar-refractivity contribution in [3.8, 4) is 0 Å². The molecule has 0 aliphatic carbocycles. The van der Waals surface area contributed by atoms with Crippen molar-refractivity contribution < 1.29 is 4.79 Å². The molecule has 5 heteroatoms. The Labute approximate surface area is 101 Å². The van der Waals surface area contributed by atoms with Crippen molar-refractivity contribution in [2.24, 2.45) is 5.84 Å². The lowest BCUT2D eigenvalue weighted by atomic mass is 10.1. The van der Waals surface area contributed by atoms with Crippen molar-refractivity contribution in [3.63, 3.8) is 0 Å². The number of hydrogen-bond acceptors (Lipinski definition) is 4. The van der Waals surface area contributed by atoms with Gasteiger partial charge in [-0.25, -0.2) is 5.43 Å². The predicted octanol–water partition coefficient (Wildman–Crippen LogP) is -0.377. The Hall–Kier alpha value is -1.43. The minimum atomic E-state index is -0.450. The summed E-state index contributed by atoms with van der Waals surface area (Å²) >= 11 is 0. The van der Waals surface area contributed by atoms with Gasteiger partial charge in [-0.1, -0.05) is 30.3 Å². The predicted molar refractivity (Wildman–Crippen MR) is 66.0 cm³/mol. The first-order chi connectivity index (χ1) is 8.33. The Morgan fingerprint density at radius 2 is 1.94 bits per heavy atom. The summed E-state index contributed by atoms with van der Waals surface area (Å²) in [5.74, 6) is 5.54. The molecule has 92 valence electrons. The number of rotatable bonds is 3. The van der Waals surface area contributed by atoms with Crippen LogP contribution in [0.15, 0.2) is 30.3 Å². The summed E-state index contributed by atoms with van der Waals surface area (Å²) in [4.78, 5) is 14.1. The highest BCUT2D eigenvalue weighted by Crippen LogP contribution is 2.14. The lowest BCUT2D eigenvalue weighted by Gasteiger charge is -2.30. The quantitative estimate of drug-likeness (QED) is 0.493. The fourth-order valence-corrected chi connectivity index (χ4v) is 2.02. The molecule has 0 spiro atoms. The van der Waals surface area contributed by atoms with Crippen LogP contribution < -0.4 is 16.6 Å². The summed E-state index contributed by atoms with van der Waals surface area (Å²) in [7, 11) is 0. The number of carbonyl (C=O) groups excluding carboxylic acids is 1. The second kappa shape index (κ2) is 5.77. The molecule has 1 fully saturated rings. The maximum Gasteiger partial charge on any atom is 0.245 e. The molecule has 5 nitrogen and oxygen atoms in total. The molecular formula is C12H18N4O. The monoisotopic (exact) mass is 234 g/mol. The summed E-state index contributed by atoms with van der Waals surface area (Å²) in [6, 6.07) is 9.10. The van der Waals surface area contributed by atoms with Gasteiger partial charge in [-0.3, -0.25) is 10.6 Å². The molecule has 1 amide bonds. The van der Waals surface area contributed by atoms with Crippen LogP contribution in [0.5, 0.6) is 0 Å². The first-order valence-electron chi connectivity index (χ1n) is 5.83. The summed E-state index contributed by atoms with van der Waals surface area (Å²) in [6.07, 6.45) is 0. The zero-order valence-corrected chi connectivity index (χ0v) is 9.73. The van der Waals surface area contributed by atoms with Crippen LogP contribution in [0.3, 0.4) is 0 Å². The third-order valence-corrected chi connectivity index (χ3v) is 2.98. The fourth-order valence-electron chi connectivity index (χ4n) is 2.02. The van der Waals surface area contributed by atoms with E-state index < -0.39 is 6.04 Å². The number of benzene rings is 1. The van der Waals surface area contributed by atoms with Gasteiger partial charge in [0.15, 0.2) is 0 Å². The molecular weight excluding hydrogens is 216 g/mol. The molecule has 0 radical (unpaired) electrons. The van der Waals surface area contributed by atoms with Crippen molar-refractivity contribution in [2.45, 2.75) is 6.04 Å². The SMILES string of the molecule is NNC(C(=O)N1CCNCC1)c1ccccc1. The van der Waals surface area contributed by atoms with E-state index in [9.17, 15) is 4.79 Å². The van der Waals surface area contributed by atoms with E-state index in [2.05, 4.69) is 10.7 Å². The molecule has 1 aromatic rings. The lowest BCUT2D eigenvalue weighted by molar-refractivity contribution is -0.134. The second-order valence-electron chi connectivity index (χ2n) is 4.09. The summed E-state index contributed by atoms with van der Waals surface area (Å²) in [5, 5.41) is 3.22. The average Bonchev–Trinajstić information content (AvgIpc) is 2.42. The van der Waals surface area contributed by atoms with Gasteiger partial charge in [-0.15, -0.1) is 0 Å². The highest BCUT2D eigenvalue weighted by molar-refractivity contribution is 5.83. The molecule has 1 aliphatic heterocycles. The third-order valence-electron chi connectivity index (χ3n) is 2.98. The normalized spacial score (nSPS) is 17.8. The topological polar surface area (TPSA) is 70.4 Å². The number of nitrogens with zero attached hydrogens (tertiary/aromatic N) is 1. The standard InChI is InChI=1S/C12H18N4O/c13-15-11(10-4-2-1-3-5-10)12(17)16-8-6-14-7-9-16/h1-5,11,14-15H,6-9,13H2. The van der Waals surface area contributed by atoms with Crippen LogP contribution in [0.2, 0.25) is 0 Å². The summed E-state index contributed by atoms with van der Waals surface area (Å²) in [6.45, 7) is 3.17. The number of carbonyl (C=O) groups is 1. The minimum Gasteiger partial charge on any atom is -0.338 e. The molecule has 4 N–H and O–H groups in total. The van der Waals surface area contributed by atoms with Crippen LogP contribution in [-0.4, -0.2) is 37.0 Å². The molecule has 0 saturated carbocycles. The van der Waals surface area contributed by atoms with E-state index in [1.165, 1.54) is 0 Å². The molecule has 1 atom stereocenters. The zero-order valence-electron chi connectivity index (χ0n) is 9.73. The number of piperazine rings is 1. The number of nitrogens with two attached hydrogens (primary N) is 1. The first-order valence-corrected chi connectivity index (χ1v) is 5.83. The van der Waals surface area contributed by atoms with Crippen LogP contribution in [0.25, 0.3) is 0 Å². The van der Waals surface area contributed by atoms with Crippen LogP contribution in [0, 0.1) is 0 Å². The van der Waals surface area contributed by atoms with Gasteiger partial charge in [0.1, 0.15) is 6.04 Å². The van der Waals surface area contributed by atoms with E-state index in [0.717, 1.165) is 31.7 Å². The van der Waals surface area contributed by atoms with Gasteiger partial charge in [-0.2, -0.15) is 0 Å². The Kier molecular flexibility index (Phi) is 4.08. The van der Waals surface area contributed by atoms with Gasteiger partial charge < -0.3 is 10.2 Å². The van der Waals surface area contributed by atoms with E-state index in [1.807, 2.05) is 35.2 Å². The number of nitrogens with one attached hydrogen (secondary N) is 2. The van der Waals surface area contributed by atoms with E-state index >= 15 is 0 Å². The number of hydrogen-bond donors (Lipinski definition) is 3. The molecule has 0 bridgehead atoms. The van der Waals surface area contributed by atoms with Crippen LogP contribution in [0.4, 0.5) is 0 Å². The van der Waals surface area contributed by atoms with Gasteiger partial charge in [-0.05, 0) is 5.56 Å². The van der Waals surface area contributed by atoms with Gasteiger partial charge in [0, 0.05) is 26.2 Å². The van der Waals surface area contributed by atoms with Crippen LogP contribution in [0.1, 0.15) is 11.6 Å². The first kappa shape index (κ1) is 12.0. The number of hydrazine groups is 1. The molecule has 1 aliphatic rings. The Morgan fingerprint density at radius 1 is 1.29 bits per heavy atom. The maximum atomic E-state index is 12.3. The van der Waals surface area contributed by atoms with Crippen LogP contribution in [-0.2, 0) is 4.79 Å². The third kappa shape index (κ3) is 2.82. The molecule has 1 heterocycles. The largest absolute Gasteiger partial charge is 0.338 e. The zero-order chi connectivity index (χ0) is 12.1. The van der Waals surface area contributed by atoms with Gasteiger partial charge in [0.05, 0.1) is 0 Å². The molecule has 17 heavy (non-hydrogen) atoms. The van der Waals surface area contributed by atoms with Crippen molar-refractivity contribution in [3.05, 3.63) is 35.9 Å². The van der Waals surface area contributed by atoms with E-state index in [-0.39, 0.29) is 5.91 Å². The molecule has 2 rings (SSSR count). The highest BCUT2D eigenvalue weighted by Gasteiger charge is 2.25. The van der Waals surface area contributed by atoms with Crippen molar-refractivity contribution in [1.29, 1.82) is 0 Å². The van der Waals surface area contributed by atoms with Gasteiger partial charge in [0.25, 0.3) is 0 Å². The van der Waals surface area contributed by atoms with E-state index in [0.29, 0.717) is 0 Å². The Morgan fingerprint density at radius 3 is 2.53 bits per heavy atom. The Bertz CT molecular complexity index is 362. The Balaban J connectivity index is 2.10. The second-order valence-corrected chi connectivity index (χ2v) is 4.09. The average molecular weight is 234 g/mol. The molecule has 0 aromatic heterocycles. The minimum absolute atomic E-state index is 0.0419. The lowest BCUT2D eigenvalue weighted by Crippen LogP contribution is -2.51. The molecule has 1 saturated heterocycles. The maximum absolute atomic E-state index is 12.3. The van der Waals surface area contributed by atoms with E-state index in [1.54, 1.807) is 0 Å². The molecule has 1 aromatic carbocycles. The molecule has 1 unspecified atom stereocenters. The van der Waals surface area contributed by atoms with Crippen molar-refractivity contribution in [1.82, 2.24) is 15.6 Å². The van der Waals surface area contributed by atoms with Crippen LogP contribution >= 0.6 is 0 Å². The summed E-state index contributed by atoms with van der Waals surface area (Å²) < 4.78 is 0. The van der Waals surface area contributed by atoms with Gasteiger partial charge >= 0.3 is 0 Å². The highest BCUT2D eigenvalue weighted by atomic mass is 16.2. The van der Waals surface area contributed by atoms with E-state index in [4.69, 9.17) is 5.84 Å². The fraction of sp³-hybridized carbons (Fsp3) is 0.417. The van der Waals surface area contributed by atoms with Crippen molar-refractivity contribution in [2.75, 3.05) is 26.2 Å². The van der Waals surface area contributed by atoms with Gasteiger partial charge in [0.2, 0.25) is 5.91 Å². The number of amides is 1.